The minimum Gasteiger partial charge on any atom is -0.465 e. The van der Waals surface area contributed by atoms with Crippen LogP contribution < -0.4 is 0 Å². The fourth-order valence-electron chi connectivity index (χ4n) is 2.32. The van der Waals surface area contributed by atoms with Gasteiger partial charge >= 0.3 is 5.97 Å². The molecule has 0 amide bonds. The van der Waals surface area contributed by atoms with E-state index in [1.54, 1.807) is 6.07 Å². The number of esters is 1. The average Bonchev–Trinajstić information content (AvgIpc) is 2.91. The normalized spacial score (nSPS) is 10.7. The summed E-state index contributed by atoms with van der Waals surface area (Å²) in [6.07, 6.45) is 0. The Morgan fingerprint density at radius 2 is 1.85 bits per heavy atom. The van der Waals surface area contributed by atoms with Gasteiger partial charge in [-0.3, -0.25) is 0 Å². The van der Waals surface area contributed by atoms with Gasteiger partial charge in [0.2, 0.25) is 0 Å². The zero-order valence-electron chi connectivity index (χ0n) is 11.4. The lowest BCUT2D eigenvalue weighted by Crippen LogP contribution is -2.01. The molecule has 0 atom stereocenters. The van der Waals surface area contributed by atoms with Gasteiger partial charge in [-0.05, 0) is 24.6 Å². The minimum atomic E-state index is -0.326. The van der Waals surface area contributed by atoms with E-state index in [-0.39, 0.29) is 5.97 Å². The van der Waals surface area contributed by atoms with E-state index in [1.807, 2.05) is 18.2 Å². The Balaban J connectivity index is 2.15. The Kier molecular flexibility index (Phi) is 3.03. The van der Waals surface area contributed by atoms with Crippen LogP contribution >= 0.6 is 0 Å². The van der Waals surface area contributed by atoms with Crippen molar-refractivity contribution in [2.45, 2.75) is 6.92 Å². The van der Waals surface area contributed by atoms with E-state index in [9.17, 15) is 4.79 Å². The van der Waals surface area contributed by atoms with E-state index in [1.165, 1.54) is 12.7 Å². The summed E-state index contributed by atoms with van der Waals surface area (Å²) in [6.45, 7) is 2.06. The van der Waals surface area contributed by atoms with Gasteiger partial charge in [0.25, 0.3) is 0 Å². The van der Waals surface area contributed by atoms with Crippen molar-refractivity contribution in [1.29, 1.82) is 0 Å². The molecule has 0 aliphatic heterocycles. The molecule has 1 aromatic heterocycles. The van der Waals surface area contributed by atoms with Crippen molar-refractivity contribution in [2.75, 3.05) is 7.11 Å². The van der Waals surface area contributed by atoms with E-state index in [4.69, 9.17) is 4.74 Å². The molecule has 0 fully saturated rings. The average molecular weight is 265 g/mol. The summed E-state index contributed by atoms with van der Waals surface area (Å²) in [5, 5.41) is 1.00. The number of methoxy groups -OCH3 is 1. The molecular weight excluding hydrogens is 250 g/mol. The molecule has 20 heavy (non-hydrogen) atoms. The van der Waals surface area contributed by atoms with Crippen LogP contribution in [0.25, 0.3) is 22.2 Å². The molecule has 0 saturated heterocycles. The summed E-state index contributed by atoms with van der Waals surface area (Å²) < 4.78 is 4.82. The fraction of sp³-hybridized carbons (Fsp3) is 0.118. The molecule has 2 aromatic carbocycles. The number of para-hydroxylation sites is 1. The van der Waals surface area contributed by atoms with Gasteiger partial charge in [0.1, 0.15) is 0 Å². The number of nitrogens with one attached hydrogen (secondary N) is 1. The second-order valence-electron chi connectivity index (χ2n) is 4.81. The largest absolute Gasteiger partial charge is 0.465 e. The fourth-order valence-corrected chi connectivity index (χ4v) is 2.32. The van der Waals surface area contributed by atoms with Crippen LogP contribution in [0.4, 0.5) is 0 Å². The van der Waals surface area contributed by atoms with Gasteiger partial charge in [-0.15, -0.1) is 0 Å². The number of hydrogen-bond donors (Lipinski definition) is 1. The topological polar surface area (TPSA) is 42.1 Å². The third kappa shape index (κ3) is 2.07. The molecule has 0 saturated carbocycles. The lowest BCUT2D eigenvalue weighted by Gasteiger charge is -2.01. The van der Waals surface area contributed by atoms with Gasteiger partial charge in [0.05, 0.1) is 18.2 Å². The smallest absolute Gasteiger partial charge is 0.339 e. The van der Waals surface area contributed by atoms with E-state index in [2.05, 4.69) is 36.2 Å². The third-order valence-electron chi connectivity index (χ3n) is 3.42. The van der Waals surface area contributed by atoms with E-state index >= 15 is 0 Å². The van der Waals surface area contributed by atoms with Crippen LogP contribution in [0, 0.1) is 6.92 Å². The number of fused-ring (bicyclic) bond motifs is 1. The number of benzene rings is 2. The lowest BCUT2D eigenvalue weighted by atomic mass is 10.1. The van der Waals surface area contributed by atoms with Crippen LogP contribution in [-0.4, -0.2) is 18.1 Å². The molecule has 1 heterocycles. The van der Waals surface area contributed by atoms with Crippen molar-refractivity contribution in [3.8, 4) is 11.3 Å². The van der Waals surface area contributed by atoms with Crippen molar-refractivity contribution in [2.24, 2.45) is 0 Å². The SMILES string of the molecule is COC(=O)c1cccc2cc(-c3ccc(C)cc3)[nH]c12. The molecule has 3 nitrogen and oxygen atoms in total. The first-order chi connectivity index (χ1) is 9.69. The Morgan fingerprint density at radius 3 is 2.55 bits per heavy atom. The molecule has 0 aliphatic carbocycles. The van der Waals surface area contributed by atoms with Crippen LogP contribution in [0.1, 0.15) is 15.9 Å². The monoisotopic (exact) mass is 265 g/mol. The Labute approximate surface area is 117 Å². The van der Waals surface area contributed by atoms with Crippen LogP contribution in [0.3, 0.4) is 0 Å². The van der Waals surface area contributed by atoms with Gasteiger partial charge in [-0.25, -0.2) is 4.79 Å². The van der Waals surface area contributed by atoms with Crippen LogP contribution in [-0.2, 0) is 4.74 Å². The molecule has 0 bridgehead atoms. The zero-order chi connectivity index (χ0) is 14.1. The molecule has 0 aliphatic rings. The summed E-state index contributed by atoms with van der Waals surface area (Å²) in [5.74, 6) is -0.326. The zero-order valence-corrected chi connectivity index (χ0v) is 11.4. The summed E-state index contributed by atoms with van der Waals surface area (Å²) in [7, 11) is 1.39. The Bertz CT molecular complexity index is 769. The number of ether oxygens (including phenoxy) is 1. The molecule has 0 spiro atoms. The third-order valence-corrected chi connectivity index (χ3v) is 3.42. The number of carbonyl (C=O) groups excluding carboxylic acids is 1. The van der Waals surface area contributed by atoms with Crippen LogP contribution in [0.5, 0.6) is 0 Å². The number of aryl methyl sites for hydroxylation is 1. The van der Waals surface area contributed by atoms with Crippen LogP contribution in [0.2, 0.25) is 0 Å². The Morgan fingerprint density at radius 1 is 1.10 bits per heavy atom. The van der Waals surface area contributed by atoms with E-state index in [0.29, 0.717) is 5.56 Å². The second kappa shape index (κ2) is 4.85. The quantitative estimate of drug-likeness (QED) is 0.713. The first-order valence-electron chi connectivity index (χ1n) is 6.46. The number of aromatic amines is 1. The summed E-state index contributed by atoms with van der Waals surface area (Å²) in [5.41, 5.74) is 4.69. The number of carbonyl (C=O) groups is 1. The predicted octanol–water partition coefficient (Wildman–Crippen LogP) is 3.93. The maximum absolute atomic E-state index is 11.8. The second-order valence-corrected chi connectivity index (χ2v) is 4.81. The highest BCUT2D eigenvalue weighted by atomic mass is 16.5. The van der Waals surface area contributed by atoms with E-state index < -0.39 is 0 Å². The van der Waals surface area contributed by atoms with Crippen molar-refractivity contribution >= 4 is 16.9 Å². The first-order valence-corrected chi connectivity index (χ1v) is 6.46. The highest BCUT2D eigenvalue weighted by molar-refractivity contribution is 6.04. The van der Waals surface area contributed by atoms with Crippen LogP contribution in [0.15, 0.2) is 48.5 Å². The number of rotatable bonds is 2. The molecule has 3 aromatic rings. The van der Waals surface area contributed by atoms with Crippen molar-refractivity contribution in [3.05, 3.63) is 59.7 Å². The van der Waals surface area contributed by atoms with Crippen molar-refractivity contribution < 1.29 is 9.53 Å². The predicted molar refractivity (Wildman–Crippen MR) is 79.8 cm³/mol. The highest BCUT2D eigenvalue weighted by Gasteiger charge is 2.12. The molecular formula is C17H15NO2. The maximum atomic E-state index is 11.8. The van der Waals surface area contributed by atoms with Crippen molar-refractivity contribution in [3.63, 3.8) is 0 Å². The maximum Gasteiger partial charge on any atom is 0.339 e. The lowest BCUT2D eigenvalue weighted by molar-refractivity contribution is 0.0603. The molecule has 3 rings (SSSR count). The summed E-state index contributed by atoms with van der Waals surface area (Å²) >= 11 is 0. The standard InChI is InChI=1S/C17H15NO2/c1-11-6-8-12(9-7-11)15-10-13-4-3-5-14(16(13)18-15)17(19)20-2/h3-10,18H,1-2H3. The number of H-pyrrole nitrogens is 1. The van der Waals surface area contributed by atoms with E-state index in [0.717, 1.165) is 22.2 Å². The molecule has 100 valence electrons. The highest BCUT2D eigenvalue weighted by Crippen LogP contribution is 2.26. The van der Waals surface area contributed by atoms with Crippen molar-refractivity contribution in [1.82, 2.24) is 4.98 Å². The molecule has 1 N–H and O–H groups in total. The van der Waals surface area contributed by atoms with Gasteiger partial charge < -0.3 is 9.72 Å². The molecule has 0 radical (unpaired) electrons. The summed E-state index contributed by atoms with van der Waals surface area (Å²) in [6, 6.07) is 15.9. The minimum absolute atomic E-state index is 0.326. The molecule has 0 unspecified atom stereocenters. The van der Waals surface area contributed by atoms with Gasteiger partial charge in [-0.1, -0.05) is 42.0 Å². The van der Waals surface area contributed by atoms with Gasteiger partial charge in [0.15, 0.2) is 0 Å². The molecule has 3 heteroatoms. The number of aromatic nitrogens is 1. The Hall–Kier alpha value is -2.55. The number of hydrogen-bond acceptors (Lipinski definition) is 2. The summed E-state index contributed by atoms with van der Waals surface area (Å²) in [4.78, 5) is 15.1. The van der Waals surface area contributed by atoms with Gasteiger partial charge in [0, 0.05) is 11.1 Å². The van der Waals surface area contributed by atoms with Gasteiger partial charge in [-0.2, -0.15) is 0 Å². The first kappa shape index (κ1) is 12.5.